The molecule has 2 N–H and O–H groups in total. The Morgan fingerprint density at radius 3 is 3.00 bits per heavy atom. The Morgan fingerprint density at radius 2 is 2.17 bits per heavy atom. The third kappa shape index (κ3) is 4.25. The van der Waals surface area contributed by atoms with E-state index in [9.17, 15) is 4.79 Å². The van der Waals surface area contributed by atoms with E-state index >= 15 is 0 Å². The molecular weight excluding hydrogens is 292 g/mol. The SMILES string of the molecule is Cn1cc(CNC(=O)NCCOc2ccc3c(c2)CCC3)cn1. The van der Waals surface area contributed by atoms with Crippen LogP contribution >= 0.6 is 0 Å². The maximum atomic E-state index is 11.7. The molecule has 0 radical (unpaired) electrons. The summed E-state index contributed by atoms with van der Waals surface area (Å²) in [6.45, 7) is 1.39. The van der Waals surface area contributed by atoms with E-state index in [2.05, 4.69) is 27.9 Å². The number of hydrogen-bond acceptors (Lipinski definition) is 3. The number of urea groups is 1. The molecule has 0 bridgehead atoms. The lowest BCUT2D eigenvalue weighted by molar-refractivity contribution is 0.236. The molecule has 6 nitrogen and oxygen atoms in total. The molecule has 0 fully saturated rings. The summed E-state index contributed by atoms with van der Waals surface area (Å²) in [5, 5.41) is 9.62. The monoisotopic (exact) mass is 314 g/mol. The average molecular weight is 314 g/mol. The predicted molar refractivity (Wildman–Crippen MR) is 87.4 cm³/mol. The molecule has 1 aromatic heterocycles. The normalized spacial score (nSPS) is 12.7. The van der Waals surface area contributed by atoms with Crippen LogP contribution in [0.2, 0.25) is 0 Å². The molecule has 2 amide bonds. The molecule has 0 unspecified atom stereocenters. The first-order chi connectivity index (χ1) is 11.2. The molecular formula is C17H22N4O2. The fraction of sp³-hybridized carbons (Fsp3) is 0.412. The molecule has 6 heteroatoms. The van der Waals surface area contributed by atoms with Crippen LogP contribution in [0.1, 0.15) is 23.1 Å². The van der Waals surface area contributed by atoms with Gasteiger partial charge in [0.25, 0.3) is 0 Å². The number of nitrogens with one attached hydrogen (secondary N) is 2. The summed E-state index contributed by atoms with van der Waals surface area (Å²) in [4.78, 5) is 11.7. The van der Waals surface area contributed by atoms with Gasteiger partial charge in [0.15, 0.2) is 0 Å². The Kier molecular flexibility index (Phi) is 4.80. The summed E-state index contributed by atoms with van der Waals surface area (Å²) in [6, 6.07) is 6.06. The van der Waals surface area contributed by atoms with Crippen LogP contribution in [0.5, 0.6) is 5.75 Å². The van der Waals surface area contributed by atoms with Crippen molar-refractivity contribution in [3.05, 3.63) is 47.3 Å². The number of aromatic nitrogens is 2. The Labute approximate surface area is 135 Å². The van der Waals surface area contributed by atoms with Crippen molar-refractivity contribution in [2.24, 2.45) is 7.05 Å². The van der Waals surface area contributed by atoms with E-state index in [4.69, 9.17) is 4.74 Å². The molecule has 3 rings (SSSR count). The largest absolute Gasteiger partial charge is 0.492 e. The minimum Gasteiger partial charge on any atom is -0.492 e. The van der Waals surface area contributed by atoms with Crippen molar-refractivity contribution in [3.8, 4) is 5.75 Å². The zero-order chi connectivity index (χ0) is 16.1. The summed E-state index contributed by atoms with van der Waals surface area (Å²) < 4.78 is 7.40. The van der Waals surface area contributed by atoms with E-state index in [1.54, 1.807) is 10.9 Å². The van der Waals surface area contributed by atoms with Gasteiger partial charge in [-0.15, -0.1) is 0 Å². The van der Waals surface area contributed by atoms with Crippen molar-refractivity contribution in [2.75, 3.05) is 13.2 Å². The number of nitrogens with zero attached hydrogens (tertiary/aromatic N) is 2. The fourth-order valence-corrected chi connectivity index (χ4v) is 2.78. The maximum Gasteiger partial charge on any atom is 0.315 e. The average Bonchev–Trinajstić information content (AvgIpc) is 3.17. The molecule has 1 aliphatic carbocycles. The summed E-state index contributed by atoms with van der Waals surface area (Å²) in [5.74, 6) is 0.878. The Balaban J connectivity index is 1.34. The molecule has 0 aliphatic heterocycles. The molecule has 1 heterocycles. The number of aryl methyl sites for hydroxylation is 3. The first-order valence-corrected chi connectivity index (χ1v) is 7.94. The zero-order valence-electron chi connectivity index (χ0n) is 13.3. The van der Waals surface area contributed by atoms with Gasteiger partial charge in [0.2, 0.25) is 0 Å². The first-order valence-electron chi connectivity index (χ1n) is 7.94. The van der Waals surface area contributed by atoms with Gasteiger partial charge in [-0.25, -0.2) is 4.79 Å². The second-order valence-corrected chi connectivity index (χ2v) is 5.76. The number of carbonyl (C=O) groups excluding carboxylic acids is 1. The molecule has 2 aromatic rings. The summed E-state index contributed by atoms with van der Waals surface area (Å²) >= 11 is 0. The van der Waals surface area contributed by atoms with E-state index < -0.39 is 0 Å². The number of carbonyl (C=O) groups is 1. The van der Waals surface area contributed by atoms with E-state index in [0.29, 0.717) is 19.7 Å². The second-order valence-electron chi connectivity index (χ2n) is 5.76. The van der Waals surface area contributed by atoms with Crippen LogP contribution in [-0.2, 0) is 26.4 Å². The van der Waals surface area contributed by atoms with Crippen molar-refractivity contribution >= 4 is 6.03 Å². The van der Waals surface area contributed by atoms with E-state index in [0.717, 1.165) is 17.7 Å². The predicted octanol–water partition coefficient (Wildman–Crippen LogP) is 1.79. The van der Waals surface area contributed by atoms with Gasteiger partial charge in [-0.2, -0.15) is 5.10 Å². The maximum absolute atomic E-state index is 11.7. The number of benzene rings is 1. The van der Waals surface area contributed by atoms with Crippen molar-refractivity contribution in [1.29, 1.82) is 0 Å². The van der Waals surface area contributed by atoms with Gasteiger partial charge >= 0.3 is 6.03 Å². The summed E-state index contributed by atoms with van der Waals surface area (Å²) in [5.41, 5.74) is 3.80. The number of fused-ring (bicyclic) bond motifs is 1. The van der Waals surface area contributed by atoms with Crippen molar-refractivity contribution in [1.82, 2.24) is 20.4 Å². The van der Waals surface area contributed by atoms with Gasteiger partial charge in [-0.3, -0.25) is 4.68 Å². The molecule has 1 aromatic carbocycles. The van der Waals surface area contributed by atoms with Crippen LogP contribution in [-0.4, -0.2) is 29.0 Å². The van der Waals surface area contributed by atoms with Crippen LogP contribution in [0.25, 0.3) is 0 Å². The lowest BCUT2D eigenvalue weighted by atomic mass is 10.1. The third-order valence-electron chi connectivity index (χ3n) is 3.94. The topological polar surface area (TPSA) is 68.2 Å². The van der Waals surface area contributed by atoms with Crippen LogP contribution in [0.4, 0.5) is 4.79 Å². The number of ether oxygens (including phenoxy) is 1. The van der Waals surface area contributed by atoms with Crippen LogP contribution in [0.3, 0.4) is 0 Å². The minimum absolute atomic E-state index is 0.202. The lowest BCUT2D eigenvalue weighted by Gasteiger charge is -2.09. The lowest BCUT2D eigenvalue weighted by Crippen LogP contribution is -2.37. The van der Waals surface area contributed by atoms with E-state index in [1.165, 1.54) is 24.0 Å². The Morgan fingerprint density at radius 1 is 1.30 bits per heavy atom. The molecule has 0 spiro atoms. The summed E-state index contributed by atoms with van der Waals surface area (Å²) in [7, 11) is 1.85. The highest BCUT2D eigenvalue weighted by atomic mass is 16.5. The van der Waals surface area contributed by atoms with Gasteiger partial charge in [-0.05, 0) is 42.5 Å². The summed E-state index contributed by atoms with van der Waals surface area (Å²) in [6.07, 6.45) is 7.15. The fourth-order valence-electron chi connectivity index (χ4n) is 2.78. The van der Waals surface area contributed by atoms with Crippen molar-refractivity contribution < 1.29 is 9.53 Å². The number of rotatable bonds is 6. The van der Waals surface area contributed by atoms with E-state index in [-0.39, 0.29) is 6.03 Å². The zero-order valence-corrected chi connectivity index (χ0v) is 13.3. The Hall–Kier alpha value is -2.50. The van der Waals surface area contributed by atoms with Crippen molar-refractivity contribution in [3.63, 3.8) is 0 Å². The molecule has 0 saturated carbocycles. The van der Waals surface area contributed by atoms with Gasteiger partial charge < -0.3 is 15.4 Å². The van der Waals surface area contributed by atoms with Crippen LogP contribution in [0.15, 0.2) is 30.6 Å². The highest BCUT2D eigenvalue weighted by Gasteiger charge is 2.11. The number of amides is 2. The quantitative estimate of drug-likeness (QED) is 0.799. The van der Waals surface area contributed by atoms with Gasteiger partial charge in [-0.1, -0.05) is 6.07 Å². The van der Waals surface area contributed by atoms with E-state index in [1.807, 2.05) is 19.3 Å². The van der Waals surface area contributed by atoms with Crippen molar-refractivity contribution in [2.45, 2.75) is 25.8 Å². The second kappa shape index (κ2) is 7.17. The van der Waals surface area contributed by atoms with Crippen LogP contribution in [0, 0.1) is 0 Å². The molecule has 122 valence electrons. The molecule has 0 saturated heterocycles. The minimum atomic E-state index is -0.202. The van der Waals surface area contributed by atoms with Gasteiger partial charge in [0.05, 0.1) is 12.7 Å². The molecule has 23 heavy (non-hydrogen) atoms. The Bertz CT molecular complexity index is 681. The highest BCUT2D eigenvalue weighted by molar-refractivity contribution is 5.73. The number of hydrogen-bond donors (Lipinski definition) is 2. The molecule has 0 atom stereocenters. The van der Waals surface area contributed by atoms with Gasteiger partial charge in [0, 0.05) is 25.4 Å². The molecule has 1 aliphatic rings. The first kappa shape index (κ1) is 15.4. The van der Waals surface area contributed by atoms with Crippen LogP contribution < -0.4 is 15.4 Å². The highest BCUT2D eigenvalue weighted by Crippen LogP contribution is 2.25. The standard InChI is InChI=1S/C17H22N4O2/c1-21-12-13(11-20-21)10-19-17(22)18-7-8-23-16-6-5-14-3-2-4-15(14)9-16/h5-6,9,11-12H,2-4,7-8,10H2,1H3,(H2,18,19,22). The third-order valence-corrected chi connectivity index (χ3v) is 3.94. The van der Waals surface area contributed by atoms with Gasteiger partial charge in [0.1, 0.15) is 12.4 Å². The smallest absolute Gasteiger partial charge is 0.315 e.